The van der Waals surface area contributed by atoms with E-state index in [1.807, 2.05) is 0 Å². The van der Waals surface area contributed by atoms with E-state index in [0.717, 1.165) is 6.07 Å². The van der Waals surface area contributed by atoms with Crippen molar-refractivity contribution in [1.82, 2.24) is 20.0 Å². The van der Waals surface area contributed by atoms with E-state index < -0.39 is 29.0 Å². The number of halogens is 4. The SMILES string of the molecule is COCCNC(=O)c1ccc2nn(CC3CN(C(=O)c4ccc(C(F)(F)F)cc4F)C3)cc2c1OC. The van der Waals surface area contributed by atoms with Gasteiger partial charge in [0.15, 0.2) is 0 Å². The predicted octanol–water partition coefficient (Wildman–Crippen LogP) is 3.35. The van der Waals surface area contributed by atoms with Crippen LogP contribution in [0.15, 0.2) is 36.5 Å². The molecule has 0 radical (unpaired) electrons. The summed E-state index contributed by atoms with van der Waals surface area (Å²) in [6.07, 6.45) is -2.94. The highest BCUT2D eigenvalue weighted by Crippen LogP contribution is 2.32. The van der Waals surface area contributed by atoms with Gasteiger partial charge in [0, 0.05) is 45.4 Å². The van der Waals surface area contributed by atoms with Crippen molar-refractivity contribution in [2.75, 3.05) is 40.5 Å². The topological polar surface area (TPSA) is 85.7 Å². The molecule has 0 aliphatic carbocycles. The van der Waals surface area contributed by atoms with E-state index in [1.165, 1.54) is 19.1 Å². The minimum absolute atomic E-state index is 0.0172. The number of aromatic nitrogens is 2. The first-order valence-corrected chi connectivity index (χ1v) is 11.1. The molecule has 2 amide bonds. The Morgan fingerprint density at radius 1 is 1.14 bits per heavy atom. The number of amides is 2. The van der Waals surface area contributed by atoms with Gasteiger partial charge in [-0.2, -0.15) is 18.3 Å². The molecular formula is C24H24F4N4O4. The second-order valence-electron chi connectivity index (χ2n) is 8.45. The Morgan fingerprint density at radius 3 is 2.50 bits per heavy atom. The number of benzene rings is 2. The molecule has 1 N–H and O–H groups in total. The van der Waals surface area contributed by atoms with Crippen LogP contribution in [0.2, 0.25) is 0 Å². The molecule has 2 aromatic carbocycles. The van der Waals surface area contributed by atoms with Crippen molar-refractivity contribution in [3.05, 3.63) is 59.0 Å². The minimum atomic E-state index is -4.69. The Labute approximate surface area is 203 Å². The average Bonchev–Trinajstić information content (AvgIpc) is 3.22. The number of ether oxygens (including phenoxy) is 2. The van der Waals surface area contributed by atoms with Crippen molar-refractivity contribution >= 4 is 22.7 Å². The van der Waals surface area contributed by atoms with Gasteiger partial charge in [-0.1, -0.05) is 0 Å². The maximum Gasteiger partial charge on any atom is 0.416 e. The average molecular weight is 508 g/mol. The second kappa shape index (κ2) is 10.1. The zero-order valence-corrected chi connectivity index (χ0v) is 19.6. The van der Waals surface area contributed by atoms with Crippen molar-refractivity contribution in [2.45, 2.75) is 12.7 Å². The molecule has 1 saturated heterocycles. The first-order chi connectivity index (χ1) is 17.1. The maximum absolute atomic E-state index is 14.2. The highest BCUT2D eigenvalue weighted by molar-refractivity contribution is 6.03. The first-order valence-electron chi connectivity index (χ1n) is 11.1. The molecule has 1 aliphatic rings. The molecule has 36 heavy (non-hydrogen) atoms. The summed E-state index contributed by atoms with van der Waals surface area (Å²) in [6, 6.07) is 5.23. The normalized spacial score (nSPS) is 14.1. The summed E-state index contributed by atoms with van der Waals surface area (Å²) in [6.45, 7) is 1.79. The Balaban J connectivity index is 1.41. The van der Waals surface area contributed by atoms with E-state index >= 15 is 0 Å². The van der Waals surface area contributed by atoms with Gasteiger partial charge in [-0.15, -0.1) is 0 Å². The molecule has 0 unspecified atom stereocenters. The van der Waals surface area contributed by atoms with Crippen LogP contribution in [-0.2, 0) is 17.5 Å². The van der Waals surface area contributed by atoms with Crippen molar-refractivity contribution in [1.29, 1.82) is 0 Å². The number of nitrogens with one attached hydrogen (secondary N) is 1. The molecule has 1 fully saturated rings. The third-order valence-electron chi connectivity index (χ3n) is 5.94. The lowest BCUT2D eigenvalue weighted by molar-refractivity contribution is -0.137. The highest BCUT2D eigenvalue weighted by atomic mass is 19.4. The summed E-state index contributed by atoms with van der Waals surface area (Å²) in [5.74, 6) is -1.76. The van der Waals surface area contributed by atoms with E-state index in [2.05, 4.69) is 10.4 Å². The number of likely N-dealkylation sites (tertiary alicyclic amines) is 1. The Morgan fingerprint density at radius 2 is 1.86 bits per heavy atom. The number of carbonyl (C=O) groups is 2. The third-order valence-corrected chi connectivity index (χ3v) is 5.94. The van der Waals surface area contributed by atoms with E-state index in [1.54, 1.807) is 23.0 Å². The van der Waals surface area contributed by atoms with Crippen LogP contribution in [0.3, 0.4) is 0 Å². The van der Waals surface area contributed by atoms with Crippen LogP contribution in [-0.4, -0.2) is 67.0 Å². The molecule has 8 nitrogen and oxygen atoms in total. The molecule has 1 aliphatic heterocycles. The number of carbonyl (C=O) groups excluding carboxylic acids is 2. The Kier molecular flexibility index (Phi) is 7.16. The first kappa shape index (κ1) is 25.4. The fourth-order valence-corrected chi connectivity index (χ4v) is 4.12. The number of fused-ring (bicyclic) bond motifs is 1. The van der Waals surface area contributed by atoms with Gasteiger partial charge in [0.1, 0.15) is 11.6 Å². The van der Waals surface area contributed by atoms with Gasteiger partial charge in [0.2, 0.25) is 0 Å². The molecule has 2 heterocycles. The molecule has 192 valence electrons. The number of rotatable bonds is 8. The van der Waals surface area contributed by atoms with Crippen molar-refractivity contribution in [2.24, 2.45) is 5.92 Å². The van der Waals surface area contributed by atoms with Crippen LogP contribution in [0, 0.1) is 11.7 Å². The summed E-state index contributed by atoms with van der Waals surface area (Å²) in [5, 5.41) is 7.91. The highest BCUT2D eigenvalue weighted by Gasteiger charge is 2.35. The minimum Gasteiger partial charge on any atom is -0.495 e. The lowest BCUT2D eigenvalue weighted by atomic mass is 9.98. The summed E-state index contributed by atoms with van der Waals surface area (Å²) < 4.78 is 64.5. The number of methoxy groups -OCH3 is 2. The molecule has 4 rings (SSSR count). The second-order valence-corrected chi connectivity index (χ2v) is 8.45. The molecule has 3 aromatic rings. The lowest BCUT2D eigenvalue weighted by Crippen LogP contribution is -2.51. The van der Waals surface area contributed by atoms with Crippen LogP contribution in [0.1, 0.15) is 26.3 Å². The Hall–Kier alpha value is -3.67. The quantitative estimate of drug-likeness (QED) is 0.373. The van der Waals surface area contributed by atoms with Gasteiger partial charge < -0.3 is 19.7 Å². The summed E-state index contributed by atoms with van der Waals surface area (Å²) in [4.78, 5) is 26.4. The lowest BCUT2D eigenvalue weighted by Gasteiger charge is -2.39. The van der Waals surface area contributed by atoms with Crippen LogP contribution in [0.25, 0.3) is 10.9 Å². The van der Waals surface area contributed by atoms with Crippen LogP contribution in [0.5, 0.6) is 5.75 Å². The molecular weight excluding hydrogens is 484 g/mol. The van der Waals surface area contributed by atoms with Gasteiger partial charge in [-0.25, -0.2) is 4.39 Å². The molecule has 0 atom stereocenters. The van der Waals surface area contributed by atoms with Crippen LogP contribution in [0.4, 0.5) is 17.6 Å². The number of alkyl halides is 3. The van der Waals surface area contributed by atoms with E-state index in [0.29, 0.717) is 67.1 Å². The fourth-order valence-electron chi connectivity index (χ4n) is 4.12. The summed E-state index contributed by atoms with van der Waals surface area (Å²) in [7, 11) is 3.01. The van der Waals surface area contributed by atoms with Gasteiger partial charge in [0.05, 0.1) is 41.3 Å². The van der Waals surface area contributed by atoms with Crippen molar-refractivity contribution in [3.8, 4) is 5.75 Å². The zero-order valence-electron chi connectivity index (χ0n) is 19.6. The molecule has 0 saturated carbocycles. The largest absolute Gasteiger partial charge is 0.495 e. The molecule has 1 aromatic heterocycles. The van der Waals surface area contributed by atoms with Gasteiger partial charge in [-0.05, 0) is 30.3 Å². The van der Waals surface area contributed by atoms with Crippen LogP contribution >= 0.6 is 0 Å². The van der Waals surface area contributed by atoms with Gasteiger partial charge >= 0.3 is 6.18 Å². The third kappa shape index (κ3) is 5.13. The van der Waals surface area contributed by atoms with Gasteiger partial charge in [-0.3, -0.25) is 14.3 Å². The molecule has 12 heteroatoms. The number of nitrogens with zero attached hydrogens (tertiary/aromatic N) is 3. The Bertz CT molecular complexity index is 1290. The van der Waals surface area contributed by atoms with Crippen molar-refractivity contribution in [3.63, 3.8) is 0 Å². The summed E-state index contributed by atoms with van der Waals surface area (Å²) >= 11 is 0. The summed E-state index contributed by atoms with van der Waals surface area (Å²) in [5.41, 5.74) is -0.554. The smallest absolute Gasteiger partial charge is 0.416 e. The van der Waals surface area contributed by atoms with Crippen molar-refractivity contribution < 1.29 is 36.6 Å². The van der Waals surface area contributed by atoms with E-state index in [4.69, 9.17) is 9.47 Å². The molecule has 0 bridgehead atoms. The number of hydrogen-bond donors (Lipinski definition) is 1. The van der Waals surface area contributed by atoms with E-state index in [9.17, 15) is 27.2 Å². The monoisotopic (exact) mass is 508 g/mol. The maximum atomic E-state index is 14.2. The van der Waals surface area contributed by atoms with Crippen LogP contribution < -0.4 is 10.1 Å². The van der Waals surface area contributed by atoms with E-state index in [-0.39, 0.29) is 11.8 Å². The zero-order chi connectivity index (χ0) is 26.0. The van der Waals surface area contributed by atoms with Gasteiger partial charge in [0.25, 0.3) is 11.8 Å². The molecule has 0 spiro atoms. The fraction of sp³-hybridized carbons (Fsp3) is 0.375. The predicted molar refractivity (Wildman–Crippen MR) is 121 cm³/mol. The standard InChI is InChI=1S/C24H24F4N4O4/c1-35-8-7-29-22(33)17-5-6-20-18(21(17)36-2)13-32(30-20)12-14-10-31(11-14)23(34)16-4-3-15(9-19(16)25)24(26,27)28/h3-6,9,13-14H,7-8,10-12H2,1-2H3,(H,29,33). The number of hydrogen-bond acceptors (Lipinski definition) is 5.